The molecule has 0 fully saturated rings. The van der Waals surface area contributed by atoms with Gasteiger partial charge in [0, 0.05) is 95.4 Å². The van der Waals surface area contributed by atoms with Crippen molar-refractivity contribution in [2.24, 2.45) is 11.8 Å². The van der Waals surface area contributed by atoms with Crippen molar-refractivity contribution in [2.45, 2.75) is 93.7 Å². The van der Waals surface area contributed by atoms with Gasteiger partial charge in [-0.05, 0) is 77.3 Å². The summed E-state index contributed by atoms with van der Waals surface area (Å²) in [6.45, 7) is 14.2. The lowest BCUT2D eigenvalue weighted by Gasteiger charge is -2.27. The Bertz CT molecular complexity index is 1430. The van der Waals surface area contributed by atoms with Crippen LogP contribution < -0.4 is 0 Å². The van der Waals surface area contributed by atoms with E-state index in [1.165, 1.54) is 0 Å². The smallest absolute Gasteiger partial charge is 0.247 e. The van der Waals surface area contributed by atoms with Gasteiger partial charge in [0.1, 0.15) is 0 Å². The van der Waals surface area contributed by atoms with Gasteiger partial charge in [-0.25, -0.2) is 0 Å². The quantitative estimate of drug-likeness (QED) is 0.337. The molecule has 0 unspecified atom stereocenters. The maximum Gasteiger partial charge on any atom is 0.247 e. The molecule has 0 radical (unpaired) electrons. The van der Waals surface area contributed by atoms with Crippen LogP contribution in [0.2, 0.25) is 0 Å². The molecule has 3 amide bonds. The second kappa shape index (κ2) is 15.5. The molecule has 0 saturated carbocycles. The van der Waals surface area contributed by atoms with Gasteiger partial charge in [0.15, 0.2) is 0 Å². The lowest BCUT2D eigenvalue weighted by Crippen LogP contribution is -2.32. The number of carbonyl (C=O) groups is 3. The highest BCUT2D eigenvalue weighted by Gasteiger charge is 2.21. The molecule has 4 heterocycles. The van der Waals surface area contributed by atoms with Crippen LogP contribution in [0.4, 0.5) is 0 Å². The fraction of sp³-hybridized carbons (Fsp3) is 0.444. The van der Waals surface area contributed by atoms with Crippen LogP contribution in [-0.4, -0.2) is 47.4 Å². The fourth-order valence-electron chi connectivity index (χ4n) is 5.44. The van der Waals surface area contributed by atoms with E-state index in [0.717, 1.165) is 39.0 Å². The molecule has 238 valence electrons. The van der Waals surface area contributed by atoms with Crippen molar-refractivity contribution in [2.75, 3.05) is 0 Å². The zero-order valence-corrected chi connectivity index (χ0v) is 27.5. The lowest BCUT2D eigenvalue weighted by atomic mass is 10.1. The van der Waals surface area contributed by atoms with E-state index in [4.69, 9.17) is 0 Å². The van der Waals surface area contributed by atoms with Gasteiger partial charge in [0.05, 0.1) is 0 Å². The summed E-state index contributed by atoms with van der Waals surface area (Å²) in [5, 5.41) is 0. The summed E-state index contributed by atoms with van der Waals surface area (Å²) in [5.74, 6) is 0.418. The van der Waals surface area contributed by atoms with Gasteiger partial charge in [0.25, 0.3) is 0 Å². The van der Waals surface area contributed by atoms with Crippen LogP contribution in [0.3, 0.4) is 0 Å². The first-order chi connectivity index (χ1) is 21.4. The number of aromatic nitrogens is 3. The van der Waals surface area contributed by atoms with Crippen LogP contribution in [0.1, 0.15) is 87.8 Å². The number of hydrogen-bond acceptors (Lipinski definition) is 6. The maximum atomic E-state index is 13.5. The molecular formula is C36H46N6O3. The minimum atomic E-state index is -0.103. The van der Waals surface area contributed by atoms with Crippen molar-refractivity contribution in [3.05, 3.63) is 100 Å². The van der Waals surface area contributed by atoms with Gasteiger partial charge in [-0.3, -0.25) is 29.3 Å². The van der Waals surface area contributed by atoms with E-state index in [-0.39, 0.29) is 29.6 Å². The molecule has 0 atom stereocenters. The number of amides is 3. The highest BCUT2D eigenvalue weighted by atomic mass is 16.2. The predicted molar refractivity (Wildman–Crippen MR) is 174 cm³/mol. The van der Waals surface area contributed by atoms with Gasteiger partial charge in [-0.15, -0.1) is 0 Å². The molecule has 9 heteroatoms. The van der Waals surface area contributed by atoms with Crippen LogP contribution in [0.15, 0.2) is 67.0 Å². The van der Waals surface area contributed by atoms with Crippen molar-refractivity contribution in [1.82, 2.24) is 29.7 Å². The van der Waals surface area contributed by atoms with Crippen molar-refractivity contribution in [1.29, 1.82) is 0 Å². The average molecular weight is 611 g/mol. The molecule has 1 aliphatic rings. The molecule has 0 aromatic carbocycles. The van der Waals surface area contributed by atoms with E-state index in [1.807, 2.05) is 69.5 Å². The number of hydrogen-bond donors (Lipinski definition) is 0. The number of carbonyl (C=O) groups excluding carboxylic acids is 3. The highest BCUT2D eigenvalue weighted by Crippen LogP contribution is 2.20. The van der Waals surface area contributed by atoms with Gasteiger partial charge in [0.2, 0.25) is 17.7 Å². The molecule has 6 bridgehead atoms. The number of allylic oxidation sites excluding steroid dienone is 1. The molecule has 9 nitrogen and oxygen atoms in total. The van der Waals surface area contributed by atoms with E-state index in [9.17, 15) is 14.4 Å². The molecule has 0 N–H and O–H groups in total. The molecule has 45 heavy (non-hydrogen) atoms. The topological polar surface area (TPSA) is 99.6 Å². The first-order valence-electron chi connectivity index (χ1n) is 15.7. The Hall–Kier alpha value is -4.40. The van der Waals surface area contributed by atoms with E-state index in [2.05, 4.69) is 15.0 Å². The zero-order valence-electron chi connectivity index (χ0n) is 27.5. The molecule has 3 aromatic rings. The molecule has 4 rings (SSSR count). The van der Waals surface area contributed by atoms with E-state index < -0.39 is 0 Å². The summed E-state index contributed by atoms with van der Waals surface area (Å²) in [6, 6.07) is 6.09. The first kappa shape index (κ1) is 33.5. The van der Waals surface area contributed by atoms with Gasteiger partial charge >= 0.3 is 0 Å². The third-order valence-corrected chi connectivity index (χ3v) is 7.39. The van der Waals surface area contributed by atoms with Gasteiger partial charge < -0.3 is 14.7 Å². The van der Waals surface area contributed by atoms with Crippen LogP contribution >= 0.6 is 0 Å². The second-order valence-corrected chi connectivity index (χ2v) is 13.2. The Morgan fingerprint density at radius 2 is 0.867 bits per heavy atom. The maximum absolute atomic E-state index is 13.5. The van der Waals surface area contributed by atoms with Crippen molar-refractivity contribution >= 4 is 17.7 Å². The molecule has 3 aromatic heterocycles. The van der Waals surface area contributed by atoms with Crippen molar-refractivity contribution < 1.29 is 14.4 Å². The third-order valence-electron chi connectivity index (χ3n) is 7.39. The normalized spacial score (nSPS) is 14.2. The Morgan fingerprint density at radius 1 is 0.578 bits per heavy atom. The van der Waals surface area contributed by atoms with Crippen molar-refractivity contribution in [3.63, 3.8) is 0 Å². The largest absolute Gasteiger partial charge is 0.334 e. The van der Waals surface area contributed by atoms with Gasteiger partial charge in [-0.1, -0.05) is 33.3 Å². The van der Waals surface area contributed by atoms with Crippen LogP contribution in [0.5, 0.6) is 0 Å². The molecular weight excluding hydrogens is 564 g/mol. The molecule has 0 saturated heterocycles. The van der Waals surface area contributed by atoms with Crippen LogP contribution in [0, 0.1) is 11.8 Å². The SMILES string of the molecule is CC(C)=CC(=O)N1Cc2cncc(c2)CN(C(=O)CC(C)C)Cc2cncc(c2)CN(C(=O)CC(C)C)Cc2cncc(c2)C1. The number of fused-ring (bicyclic) bond motifs is 6. The van der Waals surface area contributed by atoms with Gasteiger partial charge in [-0.2, -0.15) is 0 Å². The summed E-state index contributed by atoms with van der Waals surface area (Å²) in [7, 11) is 0. The summed E-state index contributed by atoms with van der Waals surface area (Å²) in [5.41, 5.74) is 6.23. The van der Waals surface area contributed by atoms with Crippen LogP contribution in [0.25, 0.3) is 0 Å². The monoisotopic (exact) mass is 610 g/mol. The Morgan fingerprint density at radius 3 is 1.13 bits per heavy atom. The standard InChI is InChI=1S/C36H46N6O3/c1-25(2)7-34(43)40-19-28-10-30(15-37-13-28)21-41(35(44)8-26(3)4)23-32-12-33(18-39-17-32)24-42(36(45)9-27(5)6)22-31-11-29(20-40)14-38-16-31/h7,10-18,26-27H,8-9,19-24H2,1-6H3. The molecule has 0 spiro atoms. The second-order valence-electron chi connectivity index (χ2n) is 13.2. The number of rotatable bonds is 5. The summed E-state index contributed by atoms with van der Waals surface area (Å²) in [6.07, 6.45) is 13.2. The lowest BCUT2D eigenvalue weighted by molar-refractivity contribution is -0.134. The predicted octanol–water partition coefficient (Wildman–Crippen LogP) is 5.83. The first-order valence-corrected chi connectivity index (χ1v) is 15.7. The van der Waals surface area contributed by atoms with Crippen molar-refractivity contribution in [3.8, 4) is 0 Å². The number of nitrogens with zero attached hydrogens (tertiary/aromatic N) is 6. The Labute approximate surface area is 267 Å². The fourth-order valence-corrected chi connectivity index (χ4v) is 5.44. The Balaban J connectivity index is 1.79. The highest BCUT2D eigenvalue weighted by molar-refractivity contribution is 5.88. The summed E-state index contributed by atoms with van der Waals surface area (Å²) < 4.78 is 0. The molecule has 0 aliphatic carbocycles. The minimum Gasteiger partial charge on any atom is -0.334 e. The summed E-state index contributed by atoms with van der Waals surface area (Å²) in [4.78, 5) is 59.3. The molecule has 1 aliphatic heterocycles. The van der Waals surface area contributed by atoms with E-state index in [0.29, 0.717) is 52.1 Å². The third kappa shape index (κ3) is 10.3. The number of pyridine rings is 3. The average Bonchev–Trinajstić information content (AvgIpc) is 2.95. The minimum absolute atomic E-state index is 0.0512. The van der Waals surface area contributed by atoms with Crippen LogP contribution in [-0.2, 0) is 53.7 Å². The zero-order chi connectivity index (χ0) is 32.5. The Kier molecular flexibility index (Phi) is 11.6. The summed E-state index contributed by atoms with van der Waals surface area (Å²) >= 11 is 0. The van der Waals surface area contributed by atoms with E-state index >= 15 is 0 Å². The van der Waals surface area contributed by atoms with E-state index in [1.54, 1.807) is 48.2 Å².